The lowest BCUT2D eigenvalue weighted by Crippen LogP contribution is -2.50. The quantitative estimate of drug-likeness (QED) is 0.238. The first-order chi connectivity index (χ1) is 18.9. The van der Waals surface area contributed by atoms with Crippen LogP contribution >= 0.6 is 0 Å². The van der Waals surface area contributed by atoms with E-state index in [1.165, 1.54) is 0 Å². The summed E-state index contributed by atoms with van der Waals surface area (Å²) in [7, 11) is 5.30. The molecule has 1 aliphatic carbocycles. The maximum atomic E-state index is 17.0. The van der Waals surface area contributed by atoms with E-state index in [4.69, 9.17) is 0 Å². The third kappa shape index (κ3) is 4.90. The molecule has 0 saturated heterocycles. The molecule has 2 aromatic rings. The lowest BCUT2D eigenvalue weighted by Gasteiger charge is -2.39. The van der Waals surface area contributed by atoms with Crippen LogP contribution in [0.4, 0.5) is 18.9 Å². The molecule has 1 heterocycles. The number of benzene rings is 2. The van der Waals surface area contributed by atoms with Gasteiger partial charge in [-0.2, -0.15) is 0 Å². The van der Waals surface area contributed by atoms with E-state index in [9.17, 15) is 9.90 Å². The van der Waals surface area contributed by atoms with Crippen molar-refractivity contribution in [3.63, 3.8) is 0 Å². The Labute approximate surface area is 242 Å². The summed E-state index contributed by atoms with van der Waals surface area (Å²) in [6, 6.07) is 5.83. The van der Waals surface area contributed by atoms with E-state index in [0.29, 0.717) is 17.6 Å². The second-order valence-corrected chi connectivity index (χ2v) is 17.3. The van der Waals surface area contributed by atoms with Gasteiger partial charge in [0.15, 0.2) is 17.3 Å². The maximum absolute atomic E-state index is 17.0. The number of rotatable bonds is 5. The van der Waals surface area contributed by atoms with E-state index in [-0.39, 0.29) is 5.57 Å². The molecule has 1 unspecified atom stereocenters. The van der Waals surface area contributed by atoms with E-state index < -0.39 is 59.5 Å². The first-order valence-electron chi connectivity index (χ1n) is 13.9. The normalized spacial score (nSPS) is 16.7. The van der Waals surface area contributed by atoms with E-state index in [2.05, 4.69) is 25.2 Å². The molecule has 0 radical (unpaired) electrons. The molecule has 41 heavy (non-hydrogen) atoms. The Morgan fingerprint density at radius 3 is 2.20 bits per heavy atom. The molecule has 4 nitrogen and oxygen atoms in total. The number of carboxylic acid groups (broad SMARTS) is 1. The Morgan fingerprint density at radius 2 is 1.68 bits per heavy atom. The highest BCUT2D eigenvalue weighted by Crippen LogP contribution is 2.48. The minimum absolute atomic E-state index is 0.288. The van der Waals surface area contributed by atoms with Crippen LogP contribution in [0.1, 0.15) is 67.1 Å². The molecule has 1 aliphatic heterocycles. The van der Waals surface area contributed by atoms with Crippen molar-refractivity contribution in [3.05, 3.63) is 86.9 Å². The summed E-state index contributed by atoms with van der Waals surface area (Å²) in [5, 5.41) is 12.2. The average Bonchev–Trinajstić information content (AvgIpc) is 2.88. The van der Waals surface area contributed by atoms with E-state index in [1.54, 1.807) is 6.92 Å². The molecule has 218 valence electrons. The number of fused-ring (bicyclic) bond motifs is 2. The standard InChI is InChI=1S/C33H39F3N2O2Si/c1-11-22(33(2,3)4)26-29(34)27(28(32(39)40)31(36)30(26)35)25-20-14-12-18(37(5)6)16-23(20)41(9,10)24-17-19(38(7)8)13-15-21(24)25/h12-17,22H,11H2,1-10H3/p+1. The highest BCUT2D eigenvalue weighted by atomic mass is 28.3. The van der Waals surface area contributed by atoms with Gasteiger partial charge in [0.1, 0.15) is 33.5 Å². The van der Waals surface area contributed by atoms with Crippen molar-refractivity contribution in [2.45, 2.75) is 53.1 Å². The molecule has 0 spiro atoms. The number of allylic oxidation sites excluding steroid dienone is 5. The van der Waals surface area contributed by atoms with Crippen LogP contribution in [0.3, 0.4) is 0 Å². The fraction of sp³-hybridized carbons (Fsp3) is 0.394. The summed E-state index contributed by atoms with van der Waals surface area (Å²) in [5.74, 6) is -6.36. The predicted octanol–water partition coefficient (Wildman–Crippen LogP) is 6.89. The largest absolute Gasteiger partial charge is 0.478 e. The summed E-state index contributed by atoms with van der Waals surface area (Å²) in [4.78, 5) is 14.6. The maximum Gasteiger partial charge on any atom is 0.339 e. The number of carboxylic acids is 1. The van der Waals surface area contributed by atoms with Gasteiger partial charge in [0.2, 0.25) is 0 Å². The monoisotopic (exact) mass is 581 g/mol. The minimum Gasteiger partial charge on any atom is -0.478 e. The van der Waals surface area contributed by atoms with Gasteiger partial charge in [-0.05, 0) is 63.1 Å². The van der Waals surface area contributed by atoms with Gasteiger partial charge in [0, 0.05) is 43.1 Å². The van der Waals surface area contributed by atoms with Gasteiger partial charge >= 0.3 is 5.97 Å². The molecule has 4 rings (SSSR count). The Morgan fingerprint density at radius 1 is 1.05 bits per heavy atom. The fourth-order valence-corrected chi connectivity index (χ4v) is 9.39. The number of aromatic carboxylic acids is 1. The van der Waals surface area contributed by atoms with Gasteiger partial charge in [-0.1, -0.05) is 46.9 Å². The number of anilines is 1. The van der Waals surface area contributed by atoms with E-state index in [1.807, 2.05) is 82.7 Å². The van der Waals surface area contributed by atoms with Crippen molar-refractivity contribution in [2.24, 2.45) is 5.41 Å². The summed E-state index contributed by atoms with van der Waals surface area (Å²) in [6.07, 6.45) is 6.18. The molecule has 0 aromatic heterocycles. The van der Waals surface area contributed by atoms with Crippen LogP contribution in [0.15, 0.2) is 47.2 Å². The summed E-state index contributed by atoms with van der Waals surface area (Å²) < 4.78 is 50.6. The Bertz CT molecular complexity index is 1590. The van der Waals surface area contributed by atoms with Crippen molar-refractivity contribution in [1.82, 2.24) is 0 Å². The average molecular weight is 582 g/mol. The fourth-order valence-electron chi connectivity index (χ4n) is 6.32. The van der Waals surface area contributed by atoms with Gasteiger partial charge in [-0.3, -0.25) is 0 Å². The SMILES string of the molecule is CCC(c1c(F)c(F)c(C(=O)O)c(C2=C3C=CC(=[N+](C)C)C=C3[Si](C)(C)c3cc(N(C)C)ccc32)c1F)C(C)(C)C. The van der Waals surface area contributed by atoms with Crippen LogP contribution in [0.2, 0.25) is 13.1 Å². The smallest absolute Gasteiger partial charge is 0.339 e. The summed E-state index contributed by atoms with van der Waals surface area (Å²) in [5.41, 5.74) is 1.11. The molecule has 1 atom stereocenters. The number of halogens is 3. The summed E-state index contributed by atoms with van der Waals surface area (Å²) >= 11 is 0. The molecular weight excluding hydrogens is 541 g/mol. The first-order valence-corrected chi connectivity index (χ1v) is 16.9. The number of carbonyl (C=O) groups is 1. The van der Waals surface area contributed by atoms with Gasteiger partial charge in [0.25, 0.3) is 0 Å². The van der Waals surface area contributed by atoms with E-state index >= 15 is 13.2 Å². The van der Waals surface area contributed by atoms with Crippen LogP contribution in [-0.2, 0) is 0 Å². The van der Waals surface area contributed by atoms with Gasteiger partial charge in [-0.25, -0.2) is 22.5 Å². The lowest BCUT2D eigenvalue weighted by molar-refractivity contribution is -0.462. The zero-order valence-corrected chi connectivity index (χ0v) is 26.6. The molecule has 0 bridgehead atoms. The van der Waals surface area contributed by atoms with Crippen molar-refractivity contribution >= 4 is 36.2 Å². The number of hydrogen-bond acceptors (Lipinski definition) is 2. The molecule has 2 aliphatic rings. The Hall–Kier alpha value is -3.39. The number of hydrogen-bond donors (Lipinski definition) is 1. The van der Waals surface area contributed by atoms with Crippen molar-refractivity contribution in [1.29, 1.82) is 0 Å². The molecule has 0 fully saturated rings. The topological polar surface area (TPSA) is 43.5 Å². The predicted molar refractivity (Wildman–Crippen MR) is 164 cm³/mol. The minimum atomic E-state index is -2.43. The lowest BCUT2D eigenvalue weighted by atomic mass is 9.73. The first kappa shape index (κ1) is 30.6. The van der Waals surface area contributed by atoms with Crippen LogP contribution in [0.25, 0.3) is 5.57 Å². The van der Waals surface area contributed by atoms with Gasteiger partial charge < -0.3 is 10.0 Å². The van der Waals surface area contributed by atoms with Crippen molar-refractivity contribution < 1.29 is 27.6 Å². The molecule has 2 aromatic carbocycles. The second kappa shape index (κ2) is 10.5. The molecule has 0 amide bonds. The number of nitrogens with zero attached hydrogens (tertiary/aromatic N) is 2. The summed E-state index contributed by atoms with van der Waals surface area (Å²) in [6.45, 7) is 11.8. The zero-order valence-electron chi connectivity index (χ0n) is 25.6. The zero-order chi connectivity index (χ0) is 30.8. The van der Waals surface area contributed by atoms with Crippen LogP contribution < -0.4 is 10.1 Å². The van der Waals surface area contributed by atoms with Crippen LogP contribution in [-0.4, -0.2) is 57.6 Å². The van der Waals surface area contributed by atoms with Crippen LogP contribution in [0, 0.1) is 22.9 Å². The molecule has 8 heteroatoms. The van der Waals surface area contributed by atoms with Gasteiger partial charge in [-0.15, -0.1) is 0 Å². The highest BCUT2D eigenvalue weighted by molar-refractivity contribution is 6.98. The third-order valence-corrected chi connectivity index (χ3v) is 12.1. The highest BCUT2D eigenvalue weighted by Gasteiger charge is 2.44. The molecule has 0 saturated carbocycles. The van der Waals surface area contributed by atoms with Gasteiger partial charge in [0.05, 0.1) is 0 Å². The van der Waals surface area contributed by atoms with Crippen LogP contribution in [0.5, 0.6) is 0 Å². The van der Waals surface area contributed by atoms with Crippen molar-refractivity contribution in [2.75, 3.05) is 33.1 Å². The Kier molecular flexibility index (Phi) is 7.80. The Balaban J connectivity index is 2.27. The third-order valence-electron chi connectivity index (χ3n) is 8.55. The molecular formula is C33H40F3N2O2Si+. The molecule has 1 N–H and O–H groups in total. The van der Waals surface area contributed by atoms with E-state index in [0.717, 1.165) is 21.8 Å². The second-order valence-electron chi connectivity index (χ2n) is 13.0. The van der Waals surface area contributed by atoms with Crippen molar-refractivity contribution in [3.8, 4) is 0 Å².